The quantitative estimate of drug-likeness (QED) is 0.283. The van der Waals surface area contributed by atoms with Crippen LogP contribution in [0.15, 0.2) is 53.2 Å². The van der Waals surface area contributed by atoms with Crippen LogP contribution in [0.25, 0.3) is 6.08 Å². The van der Waals surface area contributed by atoms with Crippen molar-refractivity contribution in [3.8, 4) is 5.75 Å². The molecular formula is C21H18INO4. The van der Waals surface area contributed by atoms with Crippen molar-refractivity contribution < 1.29 is 19.1 Å². The zero-order valence-corrected chi connectivity index (χ0v) is 17.3. The number of hydrogen-bond donors (Lipinski definition) is 0. The first-order valence-corrected chi connectivity index (χ1v) is 9.52. The van der Waals surface area contributed by atoms with E-state index >= 15 is 0 Å². The fourth-order valence-corrected chi connectivity index (χ4v) is 2.67. The minimum atomic E-state index is -0.489. The van der Waals surface area contributed by atoms with Gasteiger partial charge in [0.15, 0.2) is 5.70 Å². The molecule has 0 N–H and O–H groups in total. The number of benzene rings is 2. The average Bonchev–Trinajstić information content (AvgIpc) is 2.99. The lowest BCUT2D eigenvalue weighted by atomic mass is 10.1. The lowest BCUT2D eigenvalue weighted by Crippen LogP contribution is -2.14. The lowest BCUT2D eigenvalue weighted by molar-refractivity contribution is -0.137. The molecule has 3 rings (SSSR count). The maximum absolute atomic E-state index is 12.1. The monoisotopic (exact) mass is 475 g/mol. The van der Waals surface area contributed by atoms with Crippen LogP contribution >= 0.6 is 22.6 Å². The molecule has 0 fully saturated rings. The van der Waals surface area contributed by atoms with Crippen LogP contribution in [0.2, 0.25) is 0 Å². The largest absolute Gasteiger partial charge is 0.426 e. The summed E-state index contributed by atoms with van der Waals surface area (Å²) in [5, 5.41) is 0. The van der Waals surface area contributed by atoms with Crippen molar-refractivity contribution in [2.24, 2.45) is 10.9 Å². The summed E-state index contributed by atoms with van der Waals surface area (Å²) in [7, 11) is 0. The summed E-state index contributed by atoms with van der Waals surface area (Å²) >= 11 is 2.25. The number of hydrogen-bond acceptors (Lipinski definition) is 5. The molecule has 138 valence electrons. The van der Waals surface area contributed by atoms with Crippen molar-refractivity contribution in [3.63, 3.8) is 0 Å². The zero-order chi connectivity index (χ0) is 19.6. The molecule has 0 aromatic heterocycles. The van der Waals surface area contributed by atoms with Gasteiger partial charge >= 0.3 is 11.9 Å². The van der Waals surface area contributed by atoms with Gasteiger partial charge in [-0.2, -0.15) is 0 Å². The first-order chi connectivity index (χ1) is 12.8. The Balaban J connectivity index is 1.80. The molecule has 0 spiro atoms. The highest BCUT2D eigenvalue weighted by atomic mass is 127. The minimum absolute atomic E-state index is 0.197. The molecule has 2 aromatic carbocycles. The Morgan fingerprint density at radius 2 is 1.89 bits per heavy atom. The molecule has 1 aliphatic heterocycles. The summed E-state index contributed by atoms with van der Waals surface area (Å²) in [6.45, 7) is 5.54. The number of carbonyl (C=O) groups excluding carboxylic acids is 2. The topological polar surface area (TPSA) is 65.0 Å². The van der Waals surface area contributed by atoms with E-state index in [0.29, 0.717) is 11.6 Å². The smallest absolute Gasteiger partial charge is 0.363 e. The fraction of sp³-hybridized carbons (Fsp3) is 0.190. The summed E-state index contributed by atoms with van der Waals surface area (Å²) < 4.78 is 11.7. The number of halogens is 1. The Bertz CT molecular complexity index is 959. The summed E-state index contributed by atoms with van der Waals surface area (Å²) in [5.74, 6) is -0.214. The molecule has 0 saturated carbocycles. The predicted octanol–water partition coefficient (Wildman–Crippen LogP) is 4.51. The Labute approximate surface area is 171 Å². The maximum atomic E-state index is 12.1. The molecule has 5 nitrogen and oxygen atoms in total. The van der Waals surface area contributed by atoms with E-state index in [-0.39, 0.29) is 17.6 Å². The SMILES string of the molecule is Cc1cc(C2=N/C(=C\c3ccc(OC(=O)C(C)C)cc3)C(=O)O2)ccc1I. The van der Waals surface area contributed by atoms with Crippen molar-refractivity contribution in [1.29, 1.82) is 0 Å². The average molecular weight is 475 g/mol. The van der Waals surface area contributed by atoms with Crippen LogP contribution in [-0.2, 0) is 14.3 Å². The first kappa shape index (κ1) is 19.3. The number of aliphatic imine (C=N–C) groups is 1. The van der Waals surface area contributed by atoms with Crippen molar-refractivity contribution in [2.75, 3.05) is 0 Å². The Morgan fingerprint density at radius 1 is 1.19 bits per heavy atom. The van der Waals surface area contributed by atoms with Crippen LogP contribution in [0.1, 0.15) is 30.5 Å². The molecule has 0 radical (unpaired) electrons. The van der Waals surface area contributed by atoms with E-state index in [4.69, 9.17) is 9.47 Å². The van der Waals surface area contributed by atoms with Crippen LogP contribution in [0.3, 0.4) is 0 Å². The van der Waals surface area contributed by atoms with Crippen LogP contribution < -0.4 is 4.74 Å². The lowest BCUT2D eigenvalue weighted by Gasteiger charge is -2.06. The van der Waals surface area contributed by atoms with E-state index in [0.717, 1.165) is 20.3 Å². The Hall–Kier alpha value is -2.48. The van der Waals surface area contributed by atoms with E-state index in [9.17, 15) is 9.59 Å². The van der Waals surface area contributed by atoms with Crippen molar-refractivity contribution >= 4 is 46.5 Å². The van der Waals surface area contributed by atoms with Crippen LogP contribution in [-0.4, -0.2) is 17.8 Å². The van der Waals surface area contributed by atoms with E-state index in [1.165, 1.54) is 0 Å². The van der Waals surface area contributed by atoms with Gasteiger partial charge in [0, 0.05) is 9.13 Å². The van der Waals surface area contributed by atoms with Gasteiger partial charge in [-0.05, 0) is 77.0 Å². The van der Waals surface area contributed by atoms with Gasteiger partial charge in [-0.3, -0.25) is 4.79 Å². The number of nitrogens with zero attached hydrogens (tertiary/aromatic N) is 1. The highest BCUT2D eigenvalue weighted by Gasteiger charge is 2.24. The molecule has 2 aromatic rings. The van der Waals surface area contributed by atoms with Gasteiger partial charge < -0.3 is 9.47 Å². The minimum Gasteiger partial charge on any atom is -0.426 e. The molecule has 0 bridgehead atoms. The second-order valence-corrected chi connectivity index (χ2v) is 7.61. The van der Waals surface area contributed by atoms with E-state index in [1.54, 1.807) is 44.2 Å². The van der Waals surface area contributed by atoms with E-state index < -0.39 is 5.97 Å². The van der Waals surface area contributed by atoms with Gasteiger partial charge in [0.25, 0.3) is 0 Å². The maximum Gasteiger partial charge on any atom is 0.363 e. The van der Waals surface area contributed by atoms with E-state index in [2.05, 4.69) is 27.6 Å². The Morgan fingerprint density at radius 3 is 2.52 bits per heavy atom. The van der Waals surface area contributed by atoms with Gasteiger partial charge in [0.05, 0.1) is 5.92 Å². The van der Waals surface area contributed by atoms with Gasteiger partial charge in [-0.1, -0.05) is 26.0 Å². The third kappa shape index (κ3) is 4.63. The number of esters is 2. The molecular weight excluding hydrogens is 457 g/mol. The number of aryl methyl sites for hydroxylation is 1. The second kappa shape index (κ2) is 8.04. The van der Waals surface area contributed by atoms with Crippen molar-refractivity contribution in [3.05, 3.63) is 68.4 Å². The summed E-state index contributed by atoms with van der Waals surface area (Å²) in [6.07, 6.45) is 1.64. The molecule has 0 unspecified atom stereocenters. The van der Waals surface area contributed by atoms with Crippen LogP contribution in [0.4, 0.5) is 0 Å². The summed E-state index contributed by atoms with van der Waals surface area (Å²) in [5.41, 5.74) is 2.85. The third-order valence-electron chi connectivity index (χ3n) is 3.90. The highest BCUT2D eigenvalue weighted by molar-refractivity contribution is 14.1. The van der Waals surface area contributed by atoms with Crippen molar-refractivity contribution in [1.82, 2.24) is 0 Å². The van der Waals surface area contributed by atoms with Gasteiger partial charge in [0.1, 0.15) is 5.75 Å². The first-order valence-electron chi connectivity index (χ1n) is 8.44. The van der Waals surface area contributed by atoms with Crippen LogP contribution in [0, 0.1) is 16.4 Å². The van der Waals surface area contributed by atoms with Gasteiger partial charge in [-0.25, -0.2) is 9.79 Å². The molecule has 1 heterocycles. The molecule has 1 aliphatic rings. The zero-order valence-electron chi connectivity index (χ0n) is 15.2. The van der Waals surface area contributed by atoms with Crippen molar-refractivity contribution in [2.45, 2.75) is 20.8 Å². The normalized spacial score (nSPS) is 15.1. The molecule has 0 saturated heterocycles. The predicted molar refractivity (Wildman–Crippen MR) is 111 cm³/mol. The molecule has 0 aliphatic carbocycles. The standard InChI is InChI=1S/C21H18INO4/c1-12(2)20(24)26-16-7-4-14(5-8-16)11-18-21(25)27-19(23-18)15-6-9-17(22)13(3)10-15/h4-12H,1-3H3/b18-11-. The molecule has 0 amide bonds. The fourth-order valence-electron chi connectivity index (χ4n) is 2.33. The highest BCUT2D eigenvalue weighted by Crippen LogP contribution is 2.22. The third-order valence-corrected chi connectivity index (χ3v) is 5.11. The number of carbonyl (C=O) groups is 2. The number of cyclic esters (lactones) is 1. The van der Waals surface area contributed by atoms with Gasteiger partial charge in [0.2, 0.25) is 5.90 Å². The Kier molecular flexibility index (Phi) is 5.74. The van der Waals surface area contributed by atoms with E-state index in [1.807, 2.05) is 25.1 Å². The molecule has 27 heavy (non-hydrogen) atoms. The summed E-state index contributed by atoms with van der Waals surface area (Å²) in [6, 6.07) is 12.6. The van der Waals surface area contributed by atoms with Crippen LogP contribution in [0.5, 0.6) is 5.75 Å². The number of rotatable bonds is 4. The molecule has 6 heteroatoms. The summed E-state index contributed by atoms with van der Waals surface area (Å²) in [4.78, 5) is 28.1. The number of ether oxygens (including phenoxy) is 2. The van der Waals surface area contributed by atoms with Gasteiger partial charge in [-0.15, -0.1) is 0 Å². The molecule has 0 atom stereocenters. The second-order valence-electron chi connectivity index (χ2n) is 6.44.